The van der Waals surface area contributed by atoms with Gasteiger partial charge in [0.1, 0.15) is 0 Å². The molecule has 9 heteroatoms. The summed E-state index contributed by atoms with van der Waals surface area (Å²) in [6, 6.07) is 6.04. The van der Waals surface area contributed by atoms with Crippen LogP contribution in [0.15, 0.2) is 30.3 Å². The molecule has 0 bridgehead atoms. The smallest absolute Gasteiger partial charge is 0.387 e. The molecule has 1 atom stereocenters. The Hall–Kier alpha value is -3.20. The maximum Gasteiger partial charge on any atom is 0.387 e. The Morgan fingerprint density at radius 2 is 1.84 bits per heavy atom. The van der Waals surface area contributed by atoms with E-state index < -0.39 is 19.2 Å². The number of halogens is 2. The fourth-order valence-electron chi connectivity index (χ4n) is 3.46. The van der Waals surface area contributed by atoms with E-state index in [0.717, 1.165) is 17.5 Å². The summed E-state index contributed by atoms with van der Waals surface area (Å²) in [5.41, 5.74) is 2.68. The Labute approximate surface area is 185 Å². The van der Waals surface area contributed by atoms with Crippen LogP contribution >= 0.6 is 0 Å². The molecular formula is C23H27F2NO6. The summed E-state index contributed by atoms with van der Waals surface area (Å²) in [4.78, 5) is 24.6. The molecule has 0 amide bonds. The highest BCUT2D eigenvalue weighted by Gasteiger charge is 2.19. The minimum Gasteiger partial charge on any atom is -0.493 e. The summed E-state index contributed by atoms with van der Waals surface area (Å²) in [7, 11) is 2.93. The number of alkyl halides is 2. The van der Waals surface area contributed by atoms with Gasteiger partial charge >= 0.3 is 12.6 Å². The fraction of sp³-hybridized carbons (Fsp3) is 0.391. The molecule has 7 nitrogen and oxygen atoms in total. The number of rotatable bonds is 11. The molecule has 0 aliphatic rings. The first kappa shape index (κ1) is 25.1. The third-order valence-electron chi connectivity index (χ3n) is 4.79. The van der Waals surface area contributed by atoms with Gasteiger partial charge in [-0.3, -0.25) is 4.79 Å². The number of aromatic nitrogens is 1. The molecule has 0 aliphatic heterocycles. The van der Waals surface area contributed by atoms with Crippen LogP contribution in [0.3, 0.4) is 0 Å². The van der Waals surface area contributed by atoms with Crippen molar-refractivity contribution in [2.75, 3.05) is 27.4 Å². The number of Topliss-reactive ketones (excluding diaryl/α,β-unsaturated/α-hetero) is 1. The summed E-state index contributed by atoms with van der Waals surface area (Å²) >= 11 is 0. The molecule has 2 rings (SSSR count). The monoisotopic (exact) mass is 451 g/mol. The lowest BCUT2D eigenvalue weighted by Crippen LogP contribution is -2.16. The zero-order valence-electron chi connectivity index (χ0n) is 18.7. The van der Waals surface area contributed by atoms with Crippen molar-refractivity contribution >= 4 is 17.8 Å². The van der Waals surface area contributed by atoms with Gasteiger partial charge in [0.15, 0.2) is 18.1 Å². The largest absolute Gasteiger partial charge is 0.493 e. The number of aryl methyl sites for hydroxylation is 1. The van der Waals surface area contributed by atoms with Gasteiger partial charge in [-0.25, -0.2) is 4.79 Å². The van der Waals surface area contributed by atoms with Crippen molar-refractivity contribution in [3.63, 3.8) is 0 Å². The van der Waals surface area contributed by atoms with Crippen LogP contribution in [0.2, 0.25) is 0 Å². The lowest BCUT2D eigenvalue weighted by Gasteiger charge is -2.17. The van der Waals surface area contributed by atoms with Gasteiger partial charge in [0.05, 0.1) is 19.8 Å². The SMILES string of the molecule is COCC(C)n1c(C)cc(C(=O)COC(=O)/C=C/c2ccc(OC(F)F)c(OC)c2)c1C. The molecule has 0 fully saturated rings. The van der Waals surface area contributed by atoms with Crippen molar-refractivity contribution in [3.05, 3.63) is 52.9 Å². The molecule has 174 valence electrons. The first-order chi connectivity index (χ1) is 15.2. The van der Waals surface area contributed by atoms with Crippen LogP contribution in [0, 0.1) is 13.8 Å². The van der Waals surface area contributed by atoms with Gasteiger partial charge < -0.3 is 23.5 Å². The van der Waals surface area contributed by atoms with Crippen LogP contribution in [0.1, 0.15) is 40.3 Å². The van der Waals surface area contributed by atoms with Crippen molar-refractivity contribution < 1.29 is 37.3 Å². The molecule has 0 saturated carbocycles. The molecule has 1 heterocycles. The van der Waals surface area contributed by atoms with E-state index in [0.29, 0.717) is 17.7 Å². The van der Waals surface area contributed by atoms with E-state index in [1.165, 1.54) is 31.4 Å². The standard InChI is InChI=1S/C23H27F2NO6/c1-14-10-18(16(3)26(14)15(2)12-29-4)19(27)13-31-22(28)9-7-17-6-8-20(32-23(24)25)21(11-17)30-5/h6-11,15,23H,12-13H2,1-5H3/b9-7+. The quantitative estimate of drug-likeness (QED) is 0.287. The first-order valence-corrected chi connectivity index (χ1v) is 9.86. The number of esters is 1. The van der Waals surface area contributed by atoms with E-state index in [9.17, 15) is 18.4 Å². The van der Waals surface area contributed by atoms with Gasteiger partial charge in [-0.1, -0.05) is 6.07 Å². The molecule has 0 N–H and O–H groups in total. The average Bonchev–Trinajstić information content (AvgIpc) is 3.05. The molecule has 2 aromatic rings. The van der Waals surface area contributed by atoms with Gasteiger partial charge in [0.25, 0.3) is 0 Å². The highest BCUT2D eigenvalue weighted by molar-refractivity contribution is 6.00. The topological polar surface area (TPSA) is 76.0 Å². The Bertz CT molecular complexity index is 983. The fourth-order valence-corrected chi connectivity index (χ4v) is 3.46. The molecule has 32 heavy (non-hydrogen) atoms. The Kier molecular flexibility index (Phi) is 8.95. The van der Waals surface area contributed by atoms with Gasteiger partial charge in [-0.05, 0) is 50.6 Å². The Balaban J connectivity index is 2.00. The van der Waals surface area contributed by atoms with Gasteiger partial charge in [0.2, 0.25) is 5.78 Å². The highest BCUT2D eigenvalue weighted by Crippen LogP contribution is 2.30. The normalized spacial score (nSPS) is 12.2. The molecular weight excluding hydrogens is 424 g/mol. The number of nitrogens with zero attached hydrogens (tertiary/aromatic N) is 1. The minimum absolute atomic E-state index is 0.0570. The second kappa shape index (κ2) is 11.4. The van der Waals surface area contributed by atoms with Crippen LogP contribution in [0.5, 0.6) is 11.5 Å². The summed E-state index contributed by atoms with van der Waals surface area (Å²) in [6.45, 7) is 2.84. The van der Waals surface area contributed by atoms with Crippen LogP contribution in [0.25, 0.3) is 6.08 Å². The summed E-state index contributed by atoms with van der Waals surface area (Å²) < 4.78 is 46.4. The molecule has 0 aliphatic carbocycles. The van der Waals surface area contributed by atoms with Crippen molar-refractivity contribution in [2.24, 2.45) is 0 Å². The average molecular weight is 451 g/mol. The number of ether oxygens (including phenoxy) is 4. The Morgan fingerprint density at radius 3 is 2.47 bits per heavy atom. The van der Waals surface area contributed by atoms with Crippen LogP contribution in [-0.4, -0.2) is 50.4 Å². The van der Waals surface area contributed by atoms with Crippen molar-refractivity contribution in [1.29, 1.82) is 0 Å². The highest BCUT2D eigenvalue weighted by atomic mass is 19.3. The maximum atomic E-state index is 12.6. The second-order valence-electron chi connectivity index (χ2n) is 7.11. The minimum atomic E-state index is -2.98. The van der Waals surface area contributed by atoms with E-state index in [-0.39, 0.29) is 23.3 Å². The maximum absolute atomic E-state index is 12.6. The summed E-state index contributed by atoms with van der Waals surface area (Å²) in [6.07, 6.45) is 2.55. The Morgan fingerprint density at radius 1 is 1.12 bits per heavy atom. The number of hydrogen-bond donors (Lipinski definition) is 0. The van der Waals surface area contributed by atoms with Crippen molar-refractivity contribution in [1.82, 2.24) is 4.57 Å². The van der Waals surface area contributed by atoms with E-state index >= 15 is 0 Å². The van der Waals surface area contributed by atoms with Crippen LogP contribution in [-0.2, 0) is 14.3 Å². The summed E-state index contributed by atoms with van der Waals surface area (Å²) in [5, 5.41) is 0. The third kappa shape index (κ3) is 6.40. The predicted octanol–water partition coefficient (Wildman–Crippen LogP) is 4.36. The van der Waals surface area contributed by atoms with Gasteiger partial charge in [-0.2, -0.15) is 8.78 Å². The van der Waals surface area contributed by atoms with E-state index in [1.54, 1.807) is 13.2 Å². The predicted molar refractivity (Wildman–Crippen MR) is 114 cm³/mol. The van der Waals surface area contributed by atoms with Gasteiger partial charge in [0, 0.05) is 30.1 Å². The number of carbonyl (C=O) groups excluding carboxylic acids is 2. The van der Waals surface area contributed by atoms with E-state index in [1.807, 2.05) is 25.3 Å². The van der Waals surface area contributed by atoms with Crippen molar-refractivity contribution in [2.45, 2.75) is 33.4 Å². The molecule has 0 spiro atoms. The second-order valence-corrected chi connectivity index (χ2v) is 7.11. The van der Waals surface area contributed by atoms with Crippen LogP contribution < -0.4 is 9.47 Å². The van der Waals surface area contributed by atoms with Crippen molar-refractivity contribution in [3.8, 4) is 11.5 Å². The van der Waals surface area contributed by atoms with E-state index in [4.69, 9.17) is 14.2 Å². The van der Waals surface area contributed by atoms with E-state index in [2.05, 4.69) is 4.74 Å². The molecule has 0 radical (unpaired) electrons. The third-order valence-corrected chi connectivity index (χ3v) is 4.79. The molecule has 1 unspecified atom stereocenters. The molecule has 0 saturated heterocycles. The molecule has 1 aromatic carbocycles. The number of carbonyl (C=O) groups is 2. The zero-order valence-corrected chi connectivity index (χ0v) is 18.7. The number of ketones is 1. The lowest BCUT2D eigenvalue weighted by atomic mass is 10.1. The van der Waals surface area contributed by atoms with Crippen LogP contribution in [0.4, 0.5) is 8.78 Å². The lowest BCUT2D eigenvalue weighted by molar-refractivity contribution is -0.136. The number of benzene rings is 1. The first-order valence-electron chi connectivity index (χ1n) is 9.86. The van der Waals surface area contributed by atoms with Gasteiger partial charge in [-0.15, -0.1) is 0 Å². The molecule has 1 aromatic heterocycles. The number of methoxy groups -OCH3 is 2. The summed E-state index contributed by atoms with van der Waals surface area (Å²) in [5.74, 6) is -1.06. The zero-order chi connectivity index (χ0) is 23.8. The number of hydrogen-bond acceptors (Lipinski definition) is 6.